The van der Waals surface area contributed by atoms with E-state index in [2.05, 4.69) is 29.5 Å². The molecule has 1 aromatic carbocycles. The number of hydrogen-bond acceptors (Lipinski definition) is 3. The van der Waals surface area contributed by atoms with Crippen LogP contribution < -0.4 is 5.32 Å². The van der Waals surface area contributed by atoms with E-state index < -0.39 is 0 Å². The van der Waals surface area contributed by atoms with E-state index in [0.717, 1.165) is 24.4 Å². The lowest BCUT2D eigenvalue weighted by Crippen LogP contribution is -2.20. The molecule has 0 aliphatic carbocycles. The Hall–Kier alpha value is -1.10. The molecule has 2 rings (SSSR count). The van der Waals surface area contributed by atoms with Crippen molar-refractivity contribution < 1.29 is 0 Å². The molecule has 0 bridgehead atoms. The van der Waals surface area contributed by atoms with Gasteiger partial charge in [0, 0.05) is 0 Å². The molecule has 0 radical (unpaired) electrons. The number of rotatable bonds is 5. The number of nitrogens with zero attached hydrogens (tertiary/aromatic N) is 3. The van der Waals surface area contributed by atoms with Crippen LogP contribution in [-0.4, -0.2) is 21.5 Å². The van der Waals surface area contributed by atoms with Gasteiger partial charge in [-0.3, -0.25) is 0 Å². The van der Waals surface area contributed by atoms with E-state index in [1.807, 2.05) is 13.0 Å². The lowest BCUT2D eigenvalue weighted by atomic mass is 10.2. The van der Waals surface area contributed by atoms with Crippen molar-refractivity contribution in [3.05, 3.63) is 39.6 Å². The van der Waals surface area contributed by atoms with Crippen LogP contribution in [0.4, 0.5) is 0 Å². The molecule has 6 heteroatoms. The van der Waals surface area contributed by atoms with Gasteiger partial charge in [0.05, 0.1) is 21.8 Å². The van der Waals surface area contributed by atoms with Gasteiger partial charge in [-0.25, -0.2) is 4.68 Å². The predicted molar refractivity (Wildman–Crippen MR) is 82.8 cm³/mol. The maximum Gasteiger partial charge on any atom is 0.104 e. The molecule has 2 aromatic rings. The zero-order valence-corrected chi connectivity index (χ0v) is 13.3. The smallest absolute Gasteiger partial charge is 0.104 e. The molecule has 4 nitrogen and oxygen atoms in total. The van der Waals surface area contributed by atoms with Crippen molar-refractivity contribution in [2.24, 2.45) is 0 Å². The minimum Gasteiger partial charge on any atom is -0.309 e. The average molecular weight is 313 g/mol. The first kappa shape index (κ1) is 15.3. The second-order valence-electron chi connectivity index (χ2n) is 4.72. The summed E-state index contributed by atoms with van der Waals surface area (Å²) in [6.07, 6.45) is 1.08. The fourth-order valence-electron chi connectivity index (χ4n) is 2.10. The van der Waals surface area contributed by atoms with E-state index in [4.69, 9.17) is 23.2 Å². The first-order chi connectivity index (χ1) is 9.56. The molecular formula is C14H18Cl2N4. The van der Waals surface area contributed by atoms with Crippen LogP contribution in [-0.2, 0) is 0 Å². The highest BCUT2D eigenvalue weighted by molar-refractivity contribution is 6.37. The first-order valence-electron chi connectivity index (χ1n) is 6.66. The van der Waals surface area contributed by atoms with Crippen molar-refractivity contribution >= 4 is 23.2 Å². The molecule has 0 fully saturated rings. The molecule has 1 aromatic heterocycles. The molecule has 108 valence electrons. The Kier molecular flexibility index (Phi) is 5.02. The quantitative estimate of drug-likeness (QED) is 0.909. The highest BCUT2D eigenvalue weighted by atomic mass is 35.5. The Morgan fingerprint density at radius 3 is 2.55 bits per heavy atom. The summed E-state index contributed by atoms with van der Waals surface area (Å²) >= 11 is 12.4. The van der Waals surface area contributed by atoms with Crippen molar-refractivity contribution in [1.29, 1.82) is 0 Å². The number of hydrogen-bond donors (Lipinski definition) is 1. The van der Waals surface area contributed by atoms with Crippen LogP contribution in [0.25, 0.3) is 5.69 Å². The van der Waals surface area contributed by atoms with Crippen molar-refractivity contribution in [3.63, 3.8) is 0 Å². The van der Waals surface area contributed by atoms with E-state index in [1.165, 1.54) is 0 Å². The second kappa shape index (κ2) is 6.57. The van der Waals surface area contributed by atoms with Crippen LogP contribution in [0.15, 0.2) is 18.2 Å². The summed E-state index contributed by atoms with van der Waals surface area (Å²) in [5.74, 6) is 0. The monoisotopic (exact) mass is 312 g/mol. The summed E-state index contributed by atoms with van der Waals surface area (Å²) in [6, 6.07) is 5.54. The fraction of sp³-hybridized carbons (Fsp3) is 0.429. The van der Waals surface area contributed by atoms with Crippen LogP contribution in [0.3, 0.4) is 0 Å². The highest BCUT2D eigenvalue weighted by Gasteiger charge is 2.18. The number of benzene rings is 1. The summed E-state index contributed by atoms with van der Waals surface area (Å²) in [7, 11) is 0. The molecule has 0 saturated carbocycles. The third-order valence-electron chi connectivity index (χ3n) is 3.19. The molecule has 0 amide bonds. The molecule has 1 unspecified atom stereocenters. The van der Waals surface area contributed by atoms with Gasteiger partial charge in [-0.2, -0.15) is 0 Å². The Bertz CT molecular complexity index is 575. The van der Waals surface area contributed by atoms with Gasteiger partial charge in [0.2, 0.25) is 0 Å². The minimum absolute atomic E-state index is 0.143. The lowest BCUT2D eigenvalue weighted by Gasteiger charge is -2.12. The molecule has 0 aliphatic rings. The highest BCUT2D eigenvalue weighted by Crippen LogP contribution is 2.29. The molecule has 1 heterocycles. The molecule has 1 atom stereocenters. The number of halogens is 2. The number of aromatic nitrogens is 3. The van der Waals surface area contributed by atoms with Crippen LogP contribution in [0.1, 0.15) is 37.7 Å². The largest absolute Gasteiger partial charge is 0.309 e. The maximum absolute atomic E-state index is 6.22. The summed E-state index contributed by atoms with van der Waals surface area (Å²) < 4.78 is 1.70. The zero-order valence-electron chi connectivity index (χ0n) is 11.8. The molecule has 0 spiro atoms. The topological polar surface area (TPSA) is 42.7 Å². The van der Waals surface area contributed by atoms with Gasteiger partial charge in [-0.05, 0) is 38.9 Å². The van der Waals surface area contributed by atoms with E-state index in [9.17, 15) is 0 Å². The number of nitrogens with one attached hydrogen (secondary N) is 1. The van der Waals surface area contributed by atoms with Gasteiger partial charge in [-0.1, -0.05) is 41.4 Å². The Morgan fingerprint density at radius 2 is 1.95 bits per heavy atom. The van der Waals surface area contributed by atoms with Gasteiger partial charge >= 0.3 is 0 Å². The van der Waals surface area contributed by atoms with Crippen molar-refractivity contribution in [3.8, 4) is 5.69 Å². The minimum atomic E-state index is 0.143. The molecule has 1 N–H and O–H groups in total. The Labute approximate surface area is 129 Å². The van der Waals surface area contributed by atoms with E-state index in [-0.39, 0.29) is 6.04 Å². The van der Waals surface area contributed by atoms with E-state index in [1.54, 1.807) is 16.8 Å². The molecule has 20 heavy (non-hydrogen) atoms. The van der Waals surface area contributed by atoms with Gasteiger partial charge in [0.25, 0.3) is 0 Å². The SMILES string of the molecule is CCCNC(C)c1nnn(-c2c(Cl)cccc2Cl)c1C. The van der Waals surface area contributed by atoms with Crippen molar-refractivity contribution in [1.82, 2.24) is 20.3 Å². The van der Waals surface area contributed by atoms with Crippen LogP contribution in [0.2, 0.25) is 10.0 Å². The van der Waals surface area contributed by atoms with E-state index >= 15 is 0 Å². The van der Waals surface area contributed by atoms with Gasteiger partial charge in [0.1, 0.15) is 11.4 Å². The summed E-state index contributed by atoms with van der Waals surface area (Å²) in [4.78, 5) is 0. The Balaban J connectivity index is 2.38. The van der Waals surface area contributed by atoms with Crippen molar-refractivity contribution in [2.45, 2.75) is 33.2 Å². The van der Waals surface area contributed by atoms with Crippen LogP contribution in [0, 0.1) is 6.92 Å². The molecular weight excluding hydrogens is 295 g/mol. The zero-order chi connectivity index (χ0) is 14.7. The van der Waals surface area contributed by atoms with Crippen LogP contribution in [0.5, 0.6) is 0 Å². The third-order valence-corrected chi connectivity index (χ3v) is 3.80. The Morgan fingerprint density at radius 1 is 1.30 bits per heavy atom. The van der Waals surface area contributed by atoms with Crippen molar-refractivity contribution in [2.75, 3.05) is 6.54 Å². The predicted octanol–water partition coefficient (Wildman–Crippen LogP) is 3.94. The third kappa shape index (κ3) is 2.97. The summed E-state index contributed by atoms with van der Waals surface area (Å²) in [5, 5.41) is 13.0. The normalized spacial score (nSPS) is 12.7. The standard InChI is InChI=1S/C14H18Cl2N4/c1-4-8-17-9(2)13-10(3)20(19-18-13)14-11(15)6-5-7-12(14)16/h5-7,9,17H,4,8H2,1-3H3. The van der Waals surface area contributed by atoms with Gasteiger partial charge in [-0.15, -0.1) is 5.10 Å². The molecule has 0 saturated heterocycles. The van der Waals surface area contributed by atoms with E-state index in [0.29, 0.717) is 15.7 Å². The van der Waals surface area contributed by atoms with Gasteiger partial charge < -0.3 is 5.32 Å². The lowest BCUT2D eigenvalue weighted by molar-refractivity contribution is 0.555. The summed E-state index contributed by atoms with van der Waals surface area (Å²) in [6.45, 7) is 7.12. The second-order valence-corrected chi connectivity index (χ2v) is 5.53. The molecule has 0 aliphatic heterocycles. The number of para-hydroxylation sites is 1. The fourth-order valence-corrected chi connectivity index (χ4v) is 2.66. The first-order valence-corrected chi connectivity index (χ1v) is 7.41. The van der Waals surface area contributed by atoms with Crippen LogP contribution >= 0.6 is 23.2 Å². The average Bonchev–Trinajstić information content (AvgIpc) is 2.78. The van der Waals surface area contributed by atoms with Gasteiger partial charge in [0.15, 0.2) is 0 Å². The maximum atomic E-state index is 6.22. The summed E-state index contributed by atoms with van der Waals surface area (Å²) in [5.41, 5.74) is 2.53.